The SMILES string of the molecule is CCOC(=O)/C=C1\c2ccccc2-c2cc(OCc3cccc(-c4c(C)cc(OCCOC(C)=O)cc4C)c3C)ccc21. The van der Waals surface area contributed by atoms with Crippen LogP contribution in [-0.2, 0) is 25.7 Å². The lowest BCUT2D eigenvalue weighted by atomic mass is 9.90. The Morgan fingerprint density at radius 3 is 2.12 bits per heavy atom. The molecule has 1 aliphatic rings. The van der Waals surface area contributed by atoms with Crippen molar-refractivity contribution in [2.75, 3.05) is 19.8 Å². The second-order valence-corrected chi connectivity index (χ2v) is 10.6. The van der Waals surface area contributed by atoms with Gasteiger partial charge in [0.2, 0.25) is 0 Å². The van der Waals surface area contributed by atoms with E-state index in [-0.39, 0.29) is 18.5 Å². The molecule has 0 saturated carbocycles. The van der Waals surface area contributed by atoms with Gasteiger partial charge in [-0.1, -0.05) is 48.5 Å². The lowest BCUT2D eigenvalue weighted by Gasteiger charge is -2.18. The molecule has 0 amide bonds. The van der Waals surface area contributed by atoms with Crippen LogP contribution in [0.3, 0.4) is 0 Å². The van der Waals surface area contributed by atoms with Crippen molar-refractivity contribution in [1.29, 1.82) is 0 Å². The Kier molecular flexibility index (Phi) is 8.96. The quantitative estimate of drug-likeness (QED) is 0.0961. The van der Waals surface area contributed by atoms with E-state index in [1.165, 1.54) is 12.5 Å². The summed E-state index contributed by atoms with van der Waals surface area (Å²) in [6, 6.07) is 24.4. The number of rotatable bonds is 10. The highest BCUT2D eigenvalue weighted by Gasteiger charge is 2.24. The Morgan fingerprint density at radius 1 is 0.698 bits per heavy atom. The van der Waals surface area contributed by atoms with Gasteiger partial charge in [0, 0.05) is 13.0 Å². The molecule has 4 aromatic rings. The van der Waals surface area contributed by atoms with Crippen LogP contribution in [0.5, 0.6) is 11.5 Å². The van der Waals surface area contributed by atoms with E-state index in [0.29, 0.717) is 19.8 Å². The van der Waals surface area contributed by atoms with Crippen LogP contribution in [0.15, 0.2) is 78.9 Å². The van der Waals surface area contributed by atoms with Crippen LogP contribution in [0.2, 0.25) is 0 Å². The molecule has 0 spiro atoms. The number of ether oxygens (including phenoxy) is 4. The van der Waals surface area contributed by atoms with Gasteiger partial charge in [-0.3, -0.25) is 4.79 Å². The number of benzene rings is 4. The number of hydrogen-bond donors (Lipinski definition) is 0. The lowest BCUT2D eigenvalue weighted by molar-refractivity contribution is -0.141. The molecule has 5 rings (SSSR count). The Hall–Kier alpha value is -4.84. The molecule has 0 radical (unpaired) electrons. The molecule has 43 heavy (non-hydrogen) atoms. The van der Waals surface area contributed by atoms with Gasteiger partial charge in [0.25, 0.3) is 0 Å². The second-order valence-electron chi connectivity index (χ2n) is 10.6. The minimum Gasteiger partial charge on any atom is -0.490 e. The van der Waals surface area contributed by atoms with Gasteiger partial charge in [-0.15, -0.1) is 0 Å². The Labute approximate surface area is 252 Å². The van der Waals surface area contributed by atoms with Crippen molar-refractivity contribution in [2.24, 2.45) is 0 Å². The van der Waals surface area contributed by atoms with Crippen LogP contribution in [0.25, 0.3) is 27.8 Å². The molecule has 6 nitrogen and oxygen atoms in total. The molecule has 0 unspecified atom stereocenters. The zero-order chi connectivity index (χ0) is 30.5. The molecule has 220 valence electrons. The Bertz CT molecular complexity index is 1690. The third-order valence-electron chi connectivity index (χ3n) is 7.61. The summed E-state index contributed by atoms with van der Waals surface area (Å²) in [4.78, 5) is 23.3. The monoisotopic (exact) mass is 576 g/mol. The molecule has 0 atom stereocenters. The maximum absolute atomic E-state index is 12.3. The van der Waals surface area contributed by atoms with Gasteiger partial charge in [-0.2, -0.15) is 0 Å². The topological polar surface area (TPSA) is 71.1 Å². The third kappa shape index (κ3) is 6.49. The van der Waals surface area contributed by atoms with Crippen LogP contribution >= 0.6 is 0 Å². The Balaban J connectivity index is 1.36. The summed E-state index contributed by atoms with van der Waals surface area (Å²) >= 11 is 0. The van der Waals surface area contributed by atoms with Crippen molar-refractivity contribution in [1.82, 2.24) is 0 Å². The van der Waals surface area contributed by atoms with E-state index in [4.69, 9.17) is 18.9 Å². The smallest absolute Gasteiger partial charge is 0.331 e. The predicted octanol–water partition coefficient (Wildman–Crippen LogP) is 7.77. The first-order valence-electron chi connectivity index (χ1n) is 14.5. The normalized spacial score (nSPS) is 12.4. The fraction of sp³-hybridized carbons (Fsp3) is 0.243. The molecule has 0 fully saturated rings. The second kappa shape index (κ2) is 13.0. The summed E-state index contributed by atoms with van der Waals surface area (Å²) in [7, 11) is 0. The van der Waals surface area contributed by atoms with Crippen molar-refractivity contribution in [2.45, 2.75) is 41.2 Å². The number of hydrogen-bond acceptors (Lipinski definition) is 6. The predicted molar refractivity (Wildman–Crippen MR) is 168 cm³/mol. The molecule has 0 aliphatic heterocycles. The highest BCUT2D eigenvalue weighted by molar-refractivity contribution is 6.07. The first-order valence-corrected chi connectivity index (χ1v) is 14.5. The Morgan fingerprint density at radius 2 is 1.40 bits per heavy atom. The van der Waals surface area contributed by atoms with E-state index < -0.39 is 0 Å². The minimum atomic E-state index is -0.345. The third-order valence-corrected chi connectivity index (χ3v) is 7.61. The molecule has 4 aromatic carbocycles. The maximum atomic E-state index is 12.3. The molecule has 0 heterocycles. The van der Waals surface area contributed by atoms with Gasteiger partial charge in [0.05, 0.1) is 6.61 Å². The van der Waals surface area contributed by atoms with Gasteiger partial charge in [0.1, 0.15) is 31.3 Å². The summed E-state index contributed by atoms with van der Waals surface area (Å²) < 4.78 is 22.3. The highest BCUT2D eigenvalue weighted by Crippen LogP contribution is 2.45. The van der Waals surface area contributed by atoms with Crippen molar-refractivity contribution in [3.05, 3.63) is 112 Å². The van der Waals surface area contributed by atoms with E-state index >= 15 is 0 Å². The van der Waals surface area contributed by atoms with Crippen LogP contribution in [-0.4, -0.2) is 31.8 Å². The van der Waals surface area contributed by atoms with Gasteiger partial charge >= 0.3 is 11.9 Å². The zero-order valence-corrected chi connectivity index (χ0v) is 25.3. The molecular formula is C37H36O6. The zero-order valence-electron chi connectivity index (χ0n) is 25.3. The number of carbonyl (C=O) groups excluding carboxylic acids is 2. The number of carbonyl (C=O) groups is 2. The van der Waals surface area contributed by atoms with Crippen molar-refractivity contribution >= 4 is 17.5 Å². The van der Waals surface area contributed by atoms with E-state index in [9.17, 15) is 9.59 Å². The van der Waals surface area contributed by atoms with Crippen molar-refractivity contribution in [3.8, 4) is 33.8 Å². The number of esters is 2. The number of fused-ring (bicyclic) bond motifs is 3. The van der Waals surface area contributed by atoms with Crippen LogP contribution in [0.4, 0.5) is 0 Å². The molecule has 0 N–H and O–H groups in total. The summed E-state index contributed by atoms with van der Waals surface area (Å²) in [5.74, 6) is 0.854. The number of aryl methyl sites for hydroxylation is 2. The molecule has 0 bridgehead atoms. The van der Waals surface area contributed by atoms with Crippen LogP contribution < -0.4 is 9.47 Å². The standard InChI is InChI=1S/C37H36O6/c1-6-40-36(39)21-35-32-12-8-7-11-31(32)34-20-28(14-15-33(34)35)43-22-27-10-9-13-30(25(27)4)37-23(2)18-29(19-24(37)3)42-17-16-41-26(5)38/h7-15,18-21H,6,16-17,22H2,1-5H3/b35-21+. The van der Waals surface area contributed by atoms with E-state index in [0.717, 1.165) is 67.1 Å². The molecular weight excluding hydrogens is 540 g/mol. The van der Waals surface area contributed by atoms with Gasteiger partial charge < -0.3 is 18.9 Å². The fourth-order valence-corrected chi connectivity index (χ4v) is 5.67. The first kappa shape index (κ1) is 29.6. The largest absolute Gasteiger partial charge is 0.490 e. The van der Waals surface area contributed by atoms with Gasteiger partial charge in [0.15, 0.2) is 0 Å². The fourth-order valence-electron chi connectivity index (χ4n) is 5.67. The maximum Gasteiger partial charge on any atom is 0.331 e. The first-order chi connectivity index (χ1) is 20.8. The van der Waals surface area contributed by atoms with Gasteiger partial charge in [-0.05, 0) is 113 Å². The van der Waals surface area contributed by atoms with Crippen molar-refractivity contribution in [3.63, 3.8) is 0 Å². The summed E-state index contributed by atoms with van der Waals surface area (Å²) in [6.45, 7) is 10.8. The van der Waals surface area contributed by atoms with E-state index in [1.807, 2.05) is 48.5 Å². The highest BCUT2D eigenvalue weighted by atomic mass is 16.6. The molecule has 6 heteroatoms. The average Bonchev–Trinajstić information content (AvgIpc) is 3.28. The molecule has 0 saturated heterocycles. The van der Waals surface area contributed by atoms with Crippen LogP contribution in [0, 0.1) is 20.8 Å². The average molecular weight is 577 g/mol. The minimum absolute atomic E-state index is 0.221. The lowest BCUT2D eigenvalue weighted by Crippen LogP contribution is -2.09. The van der Waals surface area contributed by atoms with Crippen molar-refractivity contribution < 1.29 is 28.5 Å². The summed E-state index contributed by atoms with van der Waals surface area (Å²) in [5.41, 5.74) is 11.8. The molecule has 0 aromatic heterocycles. The summed E-state index contributed by atoms with van der Waals surface area (Å²) in [5, 5.41) is 0. The van der Waals surface area contributed by atoms with Gasteiger partial charge in [-0.25, -0.2) is 4.79 Å². The van der Waals surface area contributed by atoms with Crippen LogP contribution in [0.1, 0.15) is 47.2 Å². The van der Waals surface area contributed by atoms with E-state index in [1.54, 1.807) is 13.0 Å². The summed E-state index contributed by atoms with van der Waals surface area (Å²) in [6.07, 6.45) is 1.58. The molecule has 1 aliphatic carbocycles. The van der Waals surface area contributed by atoms with E-state index in [2.05, 4.69) is 45.0 Å².